The summed E-state index contributed by atoms with van der Waals surface area (Å²) >= 11 is 0. The molecular formula is C17H34N2O. The highest BCUT2D eigenvalue weighted by Crippen LogP contribution is 2.41. The Labute approximate surface area is 125 Å². The van der Waals surface area contributed by atoms with Gasteiger partial charge in [0, 0.05) is 24.1 Å². The molecule has 2 rings (SSSR count). The predicted molar refractivity (Wildman–Crippen MR) is 85.1 cm³/mol. The molecule has 0 radical (unpaired) electrons. The van der Waals surface area contributed by atoms with Crippen LogP contribution < -0.4 is 5.32 Å². The van der Waals surface area contributed by atoms with E-state index in [0.717, 1.165) is 25.7 Å². The summed E-state index contributed by atoms with van der Waals surface area (Å²) in [4.78, 5) is 2.52. The maximum Gasteiger partial charge on any atom is 0.0510 e. The molecule has 1 aliphatic carbocycles. The van der Waals surface area contributed by atoms with E-state index < -0.39 is 0 Å². The first-order chi connectivity index (χ1) is 9.60. The summed E-state index contributed by atoms with van der Waals surface area (Å²) < 4.78 is 5.70. The van der Waals surface area contributed by atoms with Crippen molar-refractivity contribution in [2.75, 3.05) is 33.9 Å². The van der Waals surface area contributed by atoms with Crippen LogP contribution in [-0.4, -0.2) is 50.3 Å². The largest absolute Gasteiger partial charge is 0.381 e. The van der Waals surface area contributed by atoms with Gasteiger partial charge < -0.3 is 15.0 Å². The van der Waals surface area contributed by atoms with E-state index in [-0.39, 0.29) is 0 Å². The van der Waals surface area contributed by atoms with E-state index in [2.05, 4.69) is 38.2 Å². The molecule has 2 fully saturated rings. The smallest absolute Gasteiger partial charge is 0.0510 e. The lowest BCUT2D eigenvalue weighted by atomic mass is 9.68. The van der Waals surface area contributed by atoms with Crippen molar-refractivity contribution >= 4 is 0 Å². The van der Waals surface area contributed by atoms with Crippen molar-refractivity contribution in [1.29, 1.82) is 0 Å². The molecule has 0 spiro atoms. The Morgan fingerprint density at radius 1 is 1.35 bits per heavy atom. The third-order valence-corrected chi connectivity index (χ3v) is 5.53. The van der Waals surface area contributed by atoms with E-state index in [0.29, 0.717) is 17.5 Å². The van der Waals surface area contributed by atoms with Gasteiger partial charge in [-0.1, -0.05) is 26.7 Å². The monoisotopic (exact) mass is 282 g/mol. The fraction of sp³-hybridized carbons (Fsp3) is 1.00. The number of nitrogens with one attached hydrogen (secondary N) is 1. The van der Waals surface area contributed by atoms with E-state index in [4.69, 9.17) is 4.74 Å². The fourth-order valence-corrected chi connectivity index (χ4v) is 4.44. The summed E-state index contributed by atoms with van der Waals surface area (Å²) in [7, 11) is 4.57. The Morgan fingerprint density at radius 2 is 2.15 bits per heavy atom. The summed E-state index contributed by atoms with van der Waals surface area (Å²) in [5.74, 6) is 1.54. The van der Waals surface area contributed by atoms with Crippen LogP contribution in [0.1, 0.15) is 52.4 Å². The quantitative estimate of drug-likeness (QED) is 0.811. The Kier molecular flexibility index (Phi) is 5.88. The van der Waals surface area contributed by atoms with Gasteiger partial charge in [0.05, 0.1) is 6.61 Å². The van der Waals surface area contributed by atoms with Crippen molar-refractivity contribution in [2.45, 2.75) is 64.0 Å². The van der Waals surface area contributed by atoms with Gasteiger partial charge in [-0.3, -0.25) is 0 Å². The first kappa shape index (κ1) is 16.3. The molecule has 2 aliphatic rings. The average Bonchev–Trinajstić information content (AvgIpc) is 2.93. The highest BCUT2D eigenvalue weighted by molar-refractivity contribution is 5.05. The Bertz CT molecular complexity index is 289. The molecule has 0 amide bonds. The molecule has 0 aromatic heterocycles. The number of hydrogen-bond acceptors (Lipinski definition) is 3. The molecule has 1 saturated heterocycles. The van der Waals surface area contributed by atoms with Crippen LogP contribution in [-0.2, 0) is 4.74 Å². The zero-order chi connectivity index (χ0) is 14.6. The van der Waals surface area contributed by atoms with Crippen LogP contribution in [0.2, 0.25) is 0 Å². The molecule has 4 unspecified atom stereocenters. The van der Waals surface area contributed by atoms with E-state index in [1.165, 1.54) is 38.5 Å². The second-order valence-electron chi connectivity index (χ2n) is 7.25. The fourth-order valence-electron chi connectivity index (χ4n) is 4.44. The summed E-state index contributed by atoms with van der Waals surface area (Å²) in [6.07, 6.45) is 7.88. The lowest BCUT2D eigenvalue weighted by molar-refractivity contribution is 0.0132. The minimum absolute atomic E-state index is 0.325. The van der Waals surface area contributed by atoms with E-state index in [1.54, 1.807) is 0 Å². The third kappa shape index (κ3) is 3.37. The highest BCUT2D eigenvalue weighted by Gasteiger charge is 2.47. The molecule has 0 aromatic rings. The van der Waals surface area contributed by atoms with Gasteiger partial charge in [-0.25, -0.2) is 0 Å². The molecule has 3 nitrogen and oxygen atoms in total. The van der Waals surface area contributed by atoms with Crippen LogP contribution in [0.25, 0.3) is 0 Å². The summed E-state index contributed by atoms with van der Waals surface area (Å²) in [6, 6.07) is 0.586. The Morgan fingerprint density at radius 3 is 2.70 bits per heavy atom. The molecule has 1 saturated carbocycles. The van der Waals surface area contributed by atoms with Crippen molar-refractivity contribution in [3.63, 3.8) is 0 Å². The van der Waals surface area contributed by atoms with Gasteiger partial charge in [-0.05, 0) is 52.2 Å². The minimum Gasteiger partial charge on any atom is -0.381 e. The lowest BCUT2D eigenvalue weighted by Gasteiger charge is -2.52. The van der Waals surface area contributed by atoms with Crippen molar-refractivity contribution in [1.82, 2.24) is 10.2 Å². The van der Waals surface area contributed by atoms with Crippen LogP contribution in [0.3, 0.4) is 0 Å². The van der Waals surface area contributed by atoms with Crippen molar-refractivity contribution in [3.05, 3.63) is 0 Å². The standard InChI is InChI=1S/C17H34N2O/c1-5-10-18-16(15-8-11-20-13-15)17(19(3)4)9-6-7-14(2)12-17/h14-16,18H,5-13H2,1-4H3. The summed E-state index contributed by atoms with van der Waals surface area (Å²) in [6.45, 7) is 7.73. The second kappa shape index (κ2) is 7.24. The molecule has 1 heterocycles. The van der Waals surface area contributed by atoms with Crippen LogP contribution in [0.15, 0.2) is 0 Å². The molecule has 118 valence electrons. The molecule has 0 aromatic carbocycles. The number of hydrogen-bond donors (Lipinski definition) is 1. The molecule has 0 bridgehead atoms. The van der Waals surface area contributed by atoms with Crippen molar-refractivity contribution < 1.29 is 4.74 Å². The number of rotatable bonds is 6. The highest BCUT2D eigenvalue weighted by atomic mass is 16.5. The van der Waals surface area contributed by atoms with Gasteiger partial charge in [0.25, 0.3) is 0 Å². The SMILES string of the molecule is CCCNC(C1CCOC1)C1(N(C)C)CCCC(C)C1. The van der Waals surface area contributed by atoms with Gasteiger partial charge in [0.2, 0.25) is 0 Å². The van der Waals surface area contributed by atoms with Crippen molar-refractivity contribution in [2.24, 2.45) is 11.8 Å². The van der Waals surface area contributed by atoms with Crippen LogP contribution >= 0.6 is 0 Å². The zero-order valence-electron chi connectivity index (χ0n) is 14.0. The van der Waals surface area contributed by atoms with E-state index >= 15 is 0 Å². The summed E-state index contributed by atoms with van der Waals surface area (Å²) in [5, 5.41) is 3.90. The molecular weight excluding hydrogens is 248 g/mol. The lowest BCUT2D eigenvalue weighted by Crippen LogP contribution is -2.63. The maximum absolute atomic E-state index is 5.70. The third-order valence-electron chi connectivity index (χ3n) is 5.53. The van der Waals surface area contributed by atoms with Crippen molar-refractivity contribution in [3.8, 4) is 0 Å². The van der Waals surface area contributed by atoms with Gasteiger partial charge in [-0.15, -0.1) is 0 Å². The first-order valence-corrected chi connectivity index (χ1v) is 8.58. The Hall–Kier alpha value is -0.120. The van der Waals surface area contributed by atoms with Gasteiger partial charge >= 0.3 is 0 Å². The molecule has 3 heteroatoms. The first-order valence-electron chi connectivity index (χ1n) is 8.58. The van der Waals surface area contributed by atoms with Gasteiger partial charge in [0.15, 0.2) is 0 Å². The topological polar surface area (TPSA) is 24.5 Å². The van der Waals surface area contributed by atoms with E-state index in [1.807, 2.05) is 0 Å². The van der Waals surface area contributed by atoms with Gasteiger partial charge in [0.1, 0.15) is 0 Å². The number of nitrogens with zero attached hydrogens (tertiary/aromatic N) is 1. The van der Waals surface area contributed by atoms with E-state index in [9.17, 15) is 0 Å². The van der Waals surface area contributed by atoms with Crippen LogP contribution in [0.4, 0.5) is 0 Å². The summed E-state index contributed by atoms with van der Waals surface area (Å²) in [5.41, 5.74) is 0.325. The molecule has 4 atom stereocenters. The van der Waals surface area contributed by atoms with Gasteiger partial charge in [-0.2, -0.15) is 0 Å². The Balaban J connectivity index is 2.20. The normalized spacial score (nSPS) is 36.5. The van der Waals surface area contributed by atoms with Crippen LogP contribution in [0.5, 0.6) is 0 Å². The predicted octanol–water partition coefficient (Wildman–Crippen LogP) is 2.90. The average molecular weight is 282 g/mol. The second-order valence-corrected chi connectivity index (χ2v) is 7.25. The number of likely N-dealkylation sites (N-methyl/N-ethyl adjacent to an activating group) is 1. The van der Waals surface area contributed by atoms with Crippen LogP contribution in [0, 0.1) is 11.8 Å². The molecule has 1 N–H and O–H groups in total. The molecule has 1 aliphatic heterocycles. The zero-order valence-corrected chi connectivity index (χ0v) is 14.0. The number of ether oxygens (including phenoxy) is 1. The maximum atomic E-state index is 5.70. The molecule has 20 heavy (non-hydrogen) atoms. The minimum atomic E-state index is 0.325.